The molecule has 0 aromatic heterocycles. The maximum atomic E-state index is 13.5. The Hall–Kier alpha value is -1.71. The fraction of sp³-hybridized carbons (Fsp3) is 0.462. The van der Waals surface area contributed by atoms with E-state index < -0.39 is 21.6 Å². The molecule has 0 heterocycles. The highest BCUT2D eigenvalue weighted by Crippen LogP contribution is 2.31. The number of nitrogens with one attached hydrogen (secondary N) is 1. The van der Waals surface area contributed by atoms with E-state index in [0.717, 1.165) is 10.6 Å². The van der Waals surface area contributed by atoms with E-state index in [1.54, 1.807) is 24.3 Å². The van der Waals surface area contributed by atoms with Crippen molar-refractivity contribution in [3.8, 4) is 0 Å². The van der Waals surface area contributed by atoms with Crippen molar-refractivity contribution in [1.82, 2.24) is 10.2 Å². The summed E-state index contributed by atoms with van der Waals surface area (Å²) in [6.07, 6.45) is 1.59. The number of anilines is 1. The first-order valence-electron chi connectivity index (χ1n) is 12.0. The van der Waals surface area contributed by atoms with Gasteiger partial charge in [0.2, 0.25) is 21.8 Å². The summed E-state index contributed by atoms with van der Waals surface area (Å²) in [5.74, 6) is -0.612. The summed E-state index contributed by atoms with van der Waals surface area (Å²) >= 11 is 24.7. The number of sulfonamides is 1. The molecule has 0 aliphatic rings. The number of amides is 2. The number of rotatable bonds is 11. The minimum Gasteiger partial charge on any atom is -0.350 e. The highest BCUT2D eigenvalue weighted by atomic mass is 35.5. The Bertz CT molecular complexity index is 1270. The number of hydrogen-bond acceptors (Lipinski definition) is 4. The Kier molecular flexibility index (Phi) is 11.6. The van der Waals surface area contributed by atoms with Crippen LogP contribution in [0.15, 0.2) is 36.4 Å². The largest absolute Gasteiger partial charge is 0.350 e. The molecular formula is C26H33Cl4N3O4S. The van der Waals surface area contributed by atoms with Crippen molar-refractivity contribution in [3.63, 3.8) is 0 Å². The van der Waals surface area contributed by atoms with Crippen LogP contribution in [0.5, 0.6) is 0 Å². The molecule has 0 spiro atoms. The summed E-state index contributed by atoms with van der Waals surface area (Å²) in [4.78, 5) is 28.2. The zero-order chi connectivity index (χ0) is 28.8. The molecule has 2 aromatic rings. The van der Waals surface area contributed by atoms with E-state index >= 15 is 0 Å². The molecule has 0 unspecified atom stereocenters. The summed E-state index contributed by atoms with van der Waals surface area (Å²) in [5, 5.41) is 4.32. The molecule has 12 heteroatoms. The predicted molar refractivity (Wildman–Crippen MR) is 157 cm³/mol. The molecule has 38 heavy (non-hydrogen) atoms. The van der Waals surface area contributed by atoms with Gasteiger partial charge in [-0.15, -0.1) is 0 Å². The Labute approximate surface area is 245 Å². The van der Waals surface area contributed by atoms with Crippen molar-refractivity contribution in [2.24, 2.45) is 0 Å². The van der Waals surface area contributed by atoms with E-state index in [0.29, 0.717) is 27.1 Å². The van der Waals surface area contributed by atoms with Crippen LogP contribution < -0.4 is 9.62 Å². The highest BCUT2D eigenvalue weighted by molar-refractivity contribution is 7.92. The third kappa shape index (κ3) is 9.49. The average molecular weight is 625 g/mol. The van der Waals surface area contributed by atoms with Gasteiger partial charge >= 0.3 is 0 Å². The third-order valence-corrected chi connectivity index (χ3v) is 7.89. The van der Waals surface area contributed by atoms with Gasteiger partial charge in [0, 0.05) is 40.1 Å². The van der Waals surface area contributed by atoms with Crippen molar-refractivity contribution >= 4 is 73.9 Å². The number of benzene rings is 2. The molecule has 2 rings (SSSR count). The van der Waals surface area contributed by atoms with Crippen LogP contribution in [-0.2, 0) is 26.2 Å². The van der Waals surface area contributed by atoms with Gasteiger partial charge in [0.15, 0.2) is 0 Å². The minimum absolute atomic E-state index is 0.00877. The maximum absolute atomic E-state index is 13.5. The van der Waals surface area contributed by atoms with Gasteiger partial charge < -0.3 is 10.2 Å². The van der Waals surface area contributed by atoms with Crippen LogP contribution in [0, 0.1) is 0 Å². The second-order valence-corrected chi connectivity index (χ2v) is 13.5. The monoisotopic (exact) mass is 623 g/mol. The van der Waals surface area contributed by atoms with E-state index in [2.05, 4.69) is 5.32 Å². The van der Waals surface area contributed by atoms with Gasteiger partial charge in [-0.25, -0.2) is 8.42 Å². The standard InChI is InChI=1S/C26H33Cl4N3O4S/c1-6-22(25(35)31-26(2,3)4)32(16-17-9-10-18(27)14-21(17)30)24(34)8-7-13-33(38(5,36)37)23-15-19(28)11-12-20(23)29/h9-12,14-15,22H,6-8,13,16H2,1-5H3,(H,31,35)/t22-/m0/s1. The SMILES string of the molecule is CC[C@@H](C(=O)NC(C)(C)C)N(Cc1ccc(Cl)cc1Cl)C(=O)CCCN(c1cc(Cl)ccc1Cl)S(C)(=O)=O. The van der Waals surface area contributed by atoms with Gasteiger partial charge in [0.1, 0.15) is 6.04 Å². The molecule has 210 valence electrons. The number of carbonyl (C=O) groups is 2. The predicted octanol–water partition coefficient (Wildman–Crippen LogP) is 6.57. The highest BCUT2D eigenvalue weighted by Gasteiger charge is 2.31. The molecule has 7 nitrogen and oxygen atoms in total. The Balaban J connectivity index is 2.31. The number of hydrogen-bond donors (Lipinski definition) is 1. The second kappa shape index (κ2) is 13.6. The van der Waals surface area contributed by atoms with Gasteiger partial charge in [-0.05, 0) is 69.5 Å². The fourth-order valence-electron chi connectivity index (χ4n) is 3.87. The smallest absolute Gasteiger partial charge is 0.243 e. The molecule has 0 radical (unpaired) electrons. The lowest BCUT2D eigenvalue weighted by atomic mass is 10.0. The Morgan fingerprint density at radius 2 is 1.58 bits per heavy atom. The van der Waals surface area contributed by atoms with E-state index in [4.69, 9.17) is 46.4 Å². The summed E-state index contributed by atoms with van der Waals surface area (Å²) < 4.78 is 26.2. The number of halogens is 4. The first kappa shape index (κ1) is 32.5. The molecular weight excluding hydrogens is 592 g/mol. The van der Waals surface area contributed by atoms with Crippen molar-refractivity contribution < 1.29 is 18.0 Å². The molecule has 1 atom stereocenters. The molecule has 0 saturated carbocycles. The van der Waals surface area contributed by atoms with Crippen LogP contribution >= 0.6 is 46.4 Å². The zero-order valence-corrected chi connectivity index (χ0v) is 25.9. The first-order valence-corrected chi connectivity index (χ1v) is 15.4. The fourth-order valence-corrected chi connectivity index (χ4v) is 5.74. The first-order chi connectivity index (χ1) is 17.5. The molecule has 0 bridgehead atoms. The molecule has 0 aliphatic carbocycles. The average Bonchev–Trinajstić information content (AvgIpc) is 2.77. The van der Waals surface area contributed by atoms with E-state index in [1.165, 1.54) is 17.0 Å². The normalized spacial score (nSPS) is 12.7. The van der Waals surface area contributed by atoms with E-state index in [-0.39, 0.29) is 48.5 Å². The summed E-state index contributed by atoms with van der Waals surface area (Å²) in [6, 6.07) is 8.74. The second-order valence-electron chi connectivity index (χ2n) is 9.96. The quantitative estimate of drug-likeness (QED) is 0.306. The molecule has 0 fully saturated rings. The van der Waals surface area contributed by atoms with Crippen LogP contribution in [0.1, 0.15) is 52.5 Å². The maximum Gasteiger partial charge on any atom is 0.243 e. The molecule has 2 amide bonds. The third-order valence-electron chi connectivity index (χ3n) is 5.57. The van der Waals surface area contributed by atoms with Crippen LogP contribution in [-0.4, -0.2) is 49.5 Å². The van der Waals surface area contributed by atoms with Crippen LogP contribution in [0.4, 0.5) is 5.69 Å². The van der Waals surface area contributed by atoms with Gasteiger partial charge in [-0.1, -0.05) is 59.4 Å². The molecule has 2 aromatic carbocycles. The van der Waals surface area contributed by atoms with Gasteiger partial charge in [-0.2, -0.15) is 0 Å². The Morgan fingerprint density at radius 3 is 2.13 bits per heavy atom. The van der Waals surface area contributed by atoms with Crippen LogP contribution in [0.2, 0.25) is 20.1 Å². The van der Waals surface area contributed by atoms with Gasteiger partial charge in [0.25, 0.3) is 0 Å². The molecule has 1 N–H and O–H groups in total. The van der Waals surface area contributed by atoms with Crippen molar-refractivity contribution in [2.75, 3.05) is 17.1 Å². The van der Waals surface area contributed by atoms with Crippen molar-refractivity contribution in [1.29, 1.82) is 0 Å². The van der Waals surface area contributed by atoms with Gasteiger partial charge in [0.05, 0.1) is 17.0 Å². The van der Waals surface area contributed by atoms with E-state index in [1.807, 2.05) is 27.7 Å². The van der Waals surface area contributed by atoms with Crippen molar-refractivity contribution in [3.05, 3.63) is 62.1 Å². The minimum atomic E-state index is -3.72. The Morgan fingerprint density at radius 1 is 0.974 bits per heavy atom. The summed E-state index contributed by atoms with van der Waals surface area (Å²) in [6.45, 7) is 7.48. The molecule has 0 aliphatic heterocycles. The van der Waals surface area contributed by atoms with Crippen LogP contribution in [0.25, 0.3) is 0 Å². The summed E-state index contributed by atoms with van der Waals surface area (Å²) in [5.41, 5.74) is 0.369. The van der Waals surface area contributed by atoms with Crippen molar-refractivity contribution in [2.45, 2.75) is 65.1 Å². The lowest BCUT2D eigenvalue weighted by Crippen LogP contribution is -2.53. The lowest BCUT2D eigenvalue weighted by molar-refractivity contribution is -0.142. The molecule has 0 saturated heterocycles. The van der Waals surface area contributed by atoms with E-state index in [9.17, 15) is 18.0 Å². The van der Waals surface area contributed by atoms with Crippen LogP contribution in [0.3, 0.4) is 0 Å². The number of carbonyl (C=O) groups excluding carboxylic acids is 2. The lowest BCUT2D eigenvalue weighted by Gasteiger charge is -2.33. The topological polar surface area (TPSA) is 86.8 Å². The zero-order valence-electron chi connectivity index (χ0n) is 22.0. The number of nitrogens with zero attached hydrogens (tertiary/aromatic N) is 2. The summed E-state index contributed by atoms with van der Waals surface area (Å²) in [7, 11) is -3.72. The van der Waals surface area contributed by atoms with Gasteiger partial charge in [-0.3, -0.25) is 13.9 Å².